The van der Waals surface area contributed by atoms with Gasteiger partial charge in [-0.15, -0.1) is 5.10 Å². The van der Waals surface area contributed by atoms with Gasteiger partial charge in [0.1, 0.15) is 11.4 Å². The number of nitrogens with one attached hydrogen (secondary N) is 1. The van der Waals surface area contributed by atoms with Crippen LogP contribution in [0.4, 0.5) is 5.69 Å². The van der Waals surface area contributed by atoms with Gasteiger partial charge in [-0.25, -0.2) is 0 Å². The molecule has 0 aliphatic heterocycles. The molecule has 1 heterocycles. The summed E-state index contributed by atoms with van der Waals surface area (Å²) in [6.07, 6.45) is 8.26. The Bertz CT molecular complexity index is 839. The summed E-state index contributed by atoms with van der Waals surface area (Å²) < 4.78 is 7.21. The van der Waals surface area contributed by atoms with E-state index in [1.54, 1.807) is 11.8 Å². The van der Waals surface area contributed by atoms with Crippen LogP contribution in [-0.4, -0.2) is 39.8 Å². The molecule has 0 radical (unpaired) electrons. The quantitative estimate of drug-likeness (QED) is 0.760. The molecule has 1 aromatic carbocycles. The average Bonchev–Trinajstić information content (AvgIpc) is 3.45. The maximum atomic E-state index is 12.7. The van der Waals surface area contributed by atoms with E-state index in [0.717, 1.165) is 50.0 Å². The zero-order valence-corrected chi connectivity index (χ0v) is 16.4. The molecule has 2 fully saturated rings. The first-order valence-electron chi connectivity index (χ1n) is 10.1. The van der Waals surface area contributed by atoms with Crippen LogP contribution in [0.2, 0.25) is 0 Å². The lowest BCUT2D eigenvalue weighted by Crippen LogP contribution is -2.36. The van der Waals surface area contributed by atoms with Gasteiger partial charge in [-0.3, -0.25) is 4.79 Å². The third-order valence-corrected chi connectivity index (χ3v) is 6.01. The first kappa shape index (κ1) is 18.9. The van der Waals surface area contributed by atoms with Crippen LogP contribution in [0.15, 0.2) is 18.2 Å². The second-order valence-electron chi connectivity index (χ2n) is 8.10. The molecule has 0 bridgehead atoms. The van der Waals surface area contributed by atoms with E-state index in [9.17, 15) is 4.79 Å². The van der Waals surface area contributed by atoms with Gasteiger partial charge in [0.05, 0.1) is 7.11 Å². The minimum atomic E-state index is -0.0629. The second kappa shape index (κ2) is 7.87. The van der Waals surface area contributed by atoms with Gasteiger partial charge in [0.2, 0.25) is 5.91 Å². The fourth-order valence-electron chi connectivity index (χ4n) is 4.20. The first-order chi connectivity index (χ1) is 13.6. The molecule has 1 aromatic heterocycles. The van der Waals surface area contributed by atoms with Crippen molar-refractivity contribution >= 4 is 11.6 Å². The number of methoxy groups -OCH3 is 1. The molecule has 2 aliphatic carbocycles. The maximum absolute atomic E-state index is 12.7. The Kier molecular flexibility index (Phi) is 5.30. The van der Waals surface area contributed by atoms with Crippen molar-refractivity contribution in [3.63, 3.8) is 0 Å². The van der Waals surface area contributed by atoms with Crippen LogP contribution in [0, 0.1) is 5.41 Å². The Morgan fingerprint density at radius 1 is 1.32 bits per heavy atom. The Labute approximate surface area is 164 Å². The zero-order valence-electron chi connectivity index (χ0n) is 16.4. The van der Waals surface area contributed by atoms with E-state index < -0.39 is 0 Å². The number of anilines is 1. The van der Waals surface area contributed by atoms with Gasteiger partial charge in [0, 0.05) is 18.0 Å². The molecule has 28 heavy (non-hydrogen) atoms. The molecule has 8 nitrogen and oxygen atoms in total. The Balaban J connectivity index is 1.53. The third kappa shape index (κ3) is 3.87. The van der Waals surface area contributed by atoms with E-state index >= 15 is 0 Å². The number of nitrogens with two attached hydrogens (primary N) is 1. The molecular weight excluding hydrogens is 356 g/mol. The average molecular weight is 384 g/mol. The molecule has 0 atom stereocenters. The molecule has 4 rings (SSSR count). The summed E-state index contributed by atoms with van der Waals surface area (Å²) in [5, 5.41) is 15.2. The van der Waals surface area contributed by atoms with Crippen molar-refractivity contribution in [2.45, 2.75) is 57.3 Å². The number of hydrogen-bond acceptors (Lipinski definition) is 6. The van der Waals surface area contributed by atoms with Crippen molar-refractivity contribution in [1.29, 1.82) is 0 Å². The van der Waals surface area contributed by atoms with E-state index in [1.165, 1.54) is 6.42 Å². The summed E-state index contributed by atoms with van der Waals surface area (Å²) in [7, 11) is 1.62. The van der Waals surface area contributed by atoms with E-state index in [2.05, 4.69) is 20.8 Å². The summed E-state index contributed by atoms with van der Waals surface area (Å²) in [4.78, 5) is 12.7. The Morgan fingerprint density at radius 3 is 2.79 bits per heavy atom. The SMILES string of the molecule is COc1ccc(NC(=O)CC2(CN)CCCCC2)cc1-n1nnnc1C1CC1. The van der Waals surface area contributed by atoms with Gasteiger partial charge in [0.25, 0.3) is 0 Å². The highest BCUT2D eigenvalue weighted by Gasteiger charge is 2.33. The van der Waals surface area contributed by atoms with E-state index in [1.807, 2.05) is 18.2 Å². The molecule has 0 spiro atoms. The van der Waals surface area contributed by atoms with Crippen molar-refractivity contribution in [1.82, 2.24) is 20.2 Å². The number of aromatic nitrogens is 4. The predicted octanol–water partition coefficient (Wildman–Crippen LogP) is 2.79. The highest BCUT2D eigenvalue weighted by Crippen LogP contribution is 2.41. The minimum Gasteiger partial charge on any atom is -0.494 e. The van der Waals surface area contributed by atoms with E-state index in [0.29, 0.717) is 30.3 Å². The van der Waals surface area contributed by atoms with Gasteiger partial charge < -0.3 is 15.8 Å². The van der Waals surface area contributed by atoms with Crippen molar-refractivity contribution in [3.05, 3.63) is 24.0 Å². The van der Waals surface area contributed by atoms with Crippen LogP contribution in [0.5, 0.6) is 5.75 Å². The van der Waals surface area contributed by atoms with Crippen LogP contribution >= 0.6 is 0 Å². The molecule has 2 aromatic rings. The van der Waals surface area contributed by atoms with Crippen LogP contribution in [0.1, 0.15) is 63.1 Å². The van der Waals surface area contributed by atoms with E-state index in [4.69, 9.17) is 10.5 Å². The third-order valence-electron chi connectivity index (χ3n) is 6.01. The second-order valence-corrected chi connectivity index (χ2v) is 8.10. The van der Waals surface area contributed by atoms with Gasteiger partial charge in [-0.1, -0.05) is 19.3 Å². The zero-order chi connectivity index (χ0) is 19.6. The summed E-state index contributed by atoms with van der Waals surface area (Å²) in [6, 6.07) is 5.55. The number of rotatable bonds is 7. The van der Waals surface area contributed by atoms with Crippen LogP contribution in [0.3, 0.4) is 0 Å². The predicted molar refractivity (Wildman–Crippen MR) is 106 cm³/mol. The first-order valence-corrected chi connectivity index (χ1v) is 10.1. The minimum absolute atomic E-state index is 0.00241. The van der Waals surface area contributed by atoms with Crippen molar-refractivity contribution in [2.24, 2.45) is 11.1 Å². The van der Waals surface area contributed by atoms with Gasteiger partial charge in [-0.05, 0) is 66.3 Å². The molecule has 2 saturated carbocycles. The smallest absolute Gasteiger partial charge is 0.224 e. The summed E-state index contributed by atoms with van der Waals surface area (Å²) >= 11 is 0. The fourth-order valence-corrected chi connectivity index (χ4v) is 4.20. The van der Waals surface area contributed by atoms with Crippen molar-refractivity contribution < 1.29 is 9.53 Å². The number of carbonyl (C=O) groups excluding carboxylic acids is 1. The monoisotopic (exact) mass is 384 g/mol. The number of carbonyl (C=O) groups is 1. The normalized spacial score (nSPS) is 18.6. The molecule has 8 heteroatoms. The lowest BCUT2D eigenvalue weighted by molar-refractivity contribution is -0.118. The van der Waals surface area contributed by atoms with Crippen LogP contribution in [-0.2, 0) is 4.79 Å². The maximum Gasteiger partial charge on any atom is 0.224 e. The topological polar surface area (TPSA) is 108 Å². The fraction of sp³-hybridized carbons (Fsp3) is 0.600. The van der Waals surface area contributed by atoms with Gasteiger partial charge in [0.15, 0.2) is 5.82 Å². The summed E-state index contributed by atoms with van der Waals surface area (Å²) in [6.45, 7) is 0.559. The number of tetrazole rings is 1. The number of amides is 1. The lowest BCUT2D eigenvalue weighted by Gasteiger charge is -2.35. The highest BCUT2D eigenvalue weighted by molar-refractivity contribution is 5.91. The van der Waals surface area contributed by atoms with Crippen LogP contribution in [0.25, 0.3) is 5.69 Å². The molecule has 0 unspecified atom stereocenters. The molecule has 1 amide bonds. The summed E-state index contributed by atoms with van der Waals surface area (Å²) in [5.74, 6) is 1.90. The molecule has 0 saturated heterocycles. The molecule has 150 valence electrons. The standard InChI is InChI=1S/C20H28N6O2/c1-28-17-8-7-15(11-16(17)26-19(14-5-6-14)23-24-25-26)22-18(27)12-20(13-21)9-3-2-4-10-20/h7-8,11,14H,2-6,9-10,12-13,21H2,1H3,(H,22,27). The van der Waals surface area contributed by atoms with E-state index in [-0.39, 0.29) is 11.3 Å². The number of benzene rings is 1. The lowest BCUT2D eigenvalue weighted by atomic mass is 9.71. The Morgan fingerprint density at radius 2 is 2.11 bits per heavy atom. The number of ether oxygens (including phenoxy) is 1. The Hall–Kier alpha value is -2.48. The van der Waals surface area contributed by atoms with Crippen LogP contribution < -0.4 is 15.8 Å². The molecule has 2 aliphatic rings. The van der Waals surface area contributed by atoms with Crippen molar-refractivity contribution in [3.8, 4) is 11.4 Å². The number of hydrogen-bond donors (Lipinski definition) is 2. The number of nitrogens with zero attached hydrogens (tertiary/aromatic N) is 4. The molecule has 3 N–H and O–H groups in total. The van der Waals surface area contributed by atoms with Gasteiger partial charge in [-0.2, -0.15) is 4.68 Å². The summed E-state index contributed by atoms with van der Waals surface area (Å²) in [5.41, 5.74) is 7.42. The largest absolute Gasteiger partial charge is 0.494 e. The highest BCUT2D eigenvalue weighted by atomic mass is 16.5. The van der Waals surface area contributed by atoms with Crippen molar-refractivity contribution in [2.75, 3.05) is 19.0 Å². The van der Waals surface area contributed by atoms with Gasteiger partial charge >= 0.3 is 0 Å². The molecular formula is C20H28N6O2.